The Morgan fingerprint density at radius 2 is 1.90 bits per heavy atom. The Hall–Kier alpha value is -2.77. The van der Waals surface area contributed by atoms with Crippen molar-refractivity contribution in [3.63, 3.8) is 0 Å². The molecule has 29 heavy (non-hydrogen) atoms. The maximum absolute atomic E-state index is 11.6. The minimum absolute atomic E-state index is 0.389. The minimum Gasteiger partial charge on any atom is -0.495 e. The number of oxazole rings is 1. The Labute approximate surface area is 169 Å². The zero-order valence-electron chi connectivity index (χ0n) is 16.9. The van der Waals surface area contributed by atoms with Crippen LogP contribution in [0, 0.1) is 0 Å². The fourth-order valence-electron chi connectivity index (χ4n) is 3.93. The summed E-state index contributed by atoms with van der Waals surface area (Å²) in [6.07, 6.45) is 0.0502. The predicted octanol–water partition coefficient (Wildman–Crippen LogP) is 2.39. The van der Waals surface area contributed by atoms with Gasteiger partial charge in [0.05, 0.1) is 24.4 Å². The second kappa shape index (κ2) is 8.31. The highest BCUT2D eigenvalue weighted by molar-refractivity contribution is 5.73. The summed E-state index contributed by atoms with van der Waals surface area (Å²) in [4.78, 5) is 16.4. The number of nitrogens with zero attached hydrogens (tertiary/aromatic N) is 3. The van der Waals surface area contributed by atoms with E-state index in [0.717, 1.165) is 55.2 Å². The lowest BCUT2D eigenvalue weighted by Gasteiger charge is -2.36. The smallest absolute Gasteiger partial charge is 0.419 e. The molecule has 0 aliphatic carbocycles. The van der Waals surface area contributed by atoms with Gasteiger partial charge in [0, 0.05) is 39.8 Å². The Morgan fingerprint density at radius 3 is 2.66 bits per heavy atom. The molecule has 4 rings (SSSR count). The normalized spacial score (nSPS) is 16.3. The molecule has 154 valence electrons. The van der Waals surface area contributed by atoms with E-state index in [1.54, 1.807) is 20.2 Å². The second-order valence-electron chi connectivity index (χ2n) is 7.46. The molecule has 1 unspecified atom stereocenters. The second-order valence-corrected chi connectivity index (χ2v) is 7.46. The van der Waals surface area contributed by atoms with Gasteiger partial charge in [-0.25, -0.2) is 4.79 Å². The zero-order chi connectivity index (χ0) is 20.4. The maximum atomic E-state index is 11.6. The molecule has 1 N–H and O–H groups in total. The van der Waals surface area contributed by atoms with Crippen LogP contribution >= 0.6 is 0 Å². The molecule has 3 aromatic rings. The number of para-hydroxylation sites is 2. The van der Waals surface area contributed by atoms with Gasteiger partial charge < -0.3 is 19.2 Å². The van der Waals surface area contributed by atoms with Gasteiger partial charge in [-0.15, -0.1) is 0 Å². The van der Waals surface area contributed by atoms with Crippen LogP contribution in [0.2, 0.25) is 0 Å². The first-order chi connectivity index (χ1) is 14.1. The number of methoxy groups -OCH3 is 1. The molecule has 0 spiro atoms. The summed E-state index contributed by atoms with van der Waals surface area (Å²) in [5.41, 5.74) is 3.16. The molecule has 1 atom stereocenters. The van der Waals surface area contributed by atoms with E-state index < -0.39 is 6.10 Å². The number of rotatable bonds is 6. The average Bonchev–Trinajstić information content (AvgIpc) is 3.05. The van der Waals surface area contributed by atoms with Crippen molar-refractivity contribution in [1.29, 1.82) is 0 Å². The van der Waals surface area contributed by atoms with Gasteiger partial charge in [0.1, 0.15) is 5.75 Å². The molecule has 0 saturated carbocycles. The highest BCUT2D eigenvalue weighted by Gasteiger charge is 2.20. The number of hydrogen-bond donors (Lipinski definition) is 1. The van der Waals surface area contributed by atoms with Crippen LogP contribution in [0.15, 0.2) is 51.7 Å². The lowest BCUT2D eigenvalue weighted by atomic mass is 10.1. The van der Waals surface area contributed by atoms with E-state index in [-0.39, 0.29) is 5.76 Å². The van der Waals surface area contributed by atoms with Crippen molar-refractivity contribution in [2.75, 3.05) is 44.7 Å². The van der Waals surface area contributed by atoms with Gasteiger partial charge in [-0.2, -0.15) is 0 Å². The Morgan fingerprint density at radius 1 is 1.14 bits per heavy atom. The van der Waals surface area contributed by atoms with Crippen LogP contribution in [0.4, 0.5) is 5.69 Å². The van der Waals surface area contributed by atoms with Crippen molar-refractivity contribution in [1.82, 2.24) is 9.47 Å². The van der Waals surface area contributed by atoms with E-state index in [1.165, 1.54) is 4.57 Å². The number of hydrogen-bond acceptors (Lipinski definition) is 6. The Balaban J connectivity index is 1.33. The molecule has 0 bridgehead atoms. The molecule has 1 aliphatic rings. The van der Waals surface area contributed by atoms with Crippen LogP contribution < -0.4 is 15.4 Å². The summed E-state index contributed by atoms with van der Waals surface area (Å²) >= 11 is 0. The summed E-state index contributed by atoms with van der Waals surface area (Å²) in [7, 11) is 3.38. The van der Waals surface area contributed by atoms with E-state index in [0.29, 0.717) is 12.0 Å². The highest BCUT2D eigenvalue weighted by atomic mass is 16.5. The van der Waals surface area contributed by atoms with E-state index >= 15 is 0 Å². The molecule has 7 heteroatoms. The van der Waals surface area contributed by atoms with Gasteiger partial charge in [0.2, 0.25) is 0 Å². The summed E-state index contributed by atoms with van der Waals surface area (Å²) < 4.78 is 12.2. The molecule has 0 amide bonds. The molecule has 7 nitrogen and oxygen atoms in total. The summed E-state index contributed by atoms with van der Waals surface area (Å²) in [5.74, 6) is 0.513. The molecule has 1 aromatic heterocycles. The number of aliphatic hydroxyl groups excluding tert-OH is 1. The standard InChI is InChI=1S/C22H27N3O4/c1-23-17-8-7-16(15-21(17)29-22(23)27)19(26)9-10-24-11-13-25(14-12-24)18-5-3-4-6-20(18)28-2/h3-8,15,19,26H,9-14H2,1-2H3. The van der Waals surface area contributed by atoms with Gasteiger partial charge in [-0.05, 0) is 36.2 Å². The number of aliphatic hydroxyl groups is 1. The fourth-order valence-corrected chi connectivity index (χ4v) is 3.93. The average molecular weight is 397 g/mol. The number of aryl methyl sites for hydroxylation is 1. The van der Waals surface area contributed by atoms with Gasteiger partial charge in [-0.1, -0.05) is 18.2 Å². The van der Waals surface area contributed by atoms with Crippen LogP contribution in [0.1, 0.15) is 18.1 Å². The predicted molar refractivity (Wildman–Crippen MR) is 113 cm³/mol. The first-order valence-electron chi connectivity index (χ1n) is 9.94. The van der Waals surface area contributed by atoms with Gasteiger partial charge in [-0.3, -0.25) is 9.47 Å². The van der Waals surface area contributed by atoms with Crippen LogP contribution in [-0.4, -0.2) is 54.4 Å². The van der Waals surface area contributed by atoms with Crippen molar-refractivity contribution in [3.05, 3.63) is 58.6 Å². The number of anilines is 1. The summed E-state index contributed by atoms with van der Waals surface area (Å²) in [5, 5.41) is 10.6. The molecule has 1 aliphatic heterocycles. The summed E-state index contributed by atoms with van der Waals surface area (Å²) in [6, 6.07) is 13.6. The maximum Gasteiger partial charge on any atom is 0.419 e. The van der Waals surface area contributed by atoms with Crippen molar-refractivity contribution < 1.29 is 14.3 Å². The zero-order valence-corrected chi connectivity index (χ0v) is 16.9. The summed E-state index contributed by atoms with van der Waals surface area (Å²) in [6.45, 7) is 4.56. The monoisotopic (exact) mass is 397 g/mol. The largest absolute Gasteiger partial charge is 0.495 e. The van der Waals surface area contributed by atoms with Crippen molar-refractivity contribution >= 4 is 16.8 Å². The number of piperazine rings is 1. The molecule has 0 radical (unpaired) electrons. The van der Waals surface area contributed by atoms with Crippen LogP contribution in [0.5, 0.6) is 5.75 Å². The van der Waals surface area contributed by atoms with Gasteiger partial charge in [0.25, 0.3) is 0 Å². The molecule has 1 saturated heterocycles. The van der Waals surface area contributed by atoms with Crippen LogP contribution in [0.25, 0.3) is 11.1 Å². The SMILES string of the molecule is COc1ccccc1N1CCN(CCC(O)c2ccc3c(c2)oc(=O)n3C)CC1. The van der Waals surface area contributed by atoms with Crippen molar-refractivity contribution in [2.45, 2.75) is 12.5 Å². The molecule has 2 aromatic carbocycles. The van der Waals surface area contributed by atoms with E-state index in [2.05, 4.69) is 15.9 Å². The van der Waals surface area contributed by atoms with E-state index in [9.17, 15) is 9.90 Å². The number of aromatic nitrogens is 1. The first-order valence-corrected chi connectivity index (χ1v) is 9.94. The molecular weight excluding hydrogens is 370 g/mol. The van der Waals surface area contributed by atoms with Gasteiger partial charge >= 0.3 is 5.76 Å². The Bertz CT molecular complexity index is 1030. The third-order valence-electron chi connectivity index (χ3n) is 5.72. The molecular formula is C22H27N3O4. The lowest BCUT2D eigenvalue weighted by Crippen LogP contribution is -2.46. The van der Waals surface area contributed by atoms with E-state index in [1.807, 2.05) is 30.3 Å². The fraction of sp³-hybridized carbons (Fsp3) is 0.409. The minimum atomic E-state index is -0.586. The van der Waals surface area contributed by atoms with Crippen LogP contribution in [-0.2, 0) is 7.05 Å². The third-order valence-corrected chi connectivity index (χ3v) is 5.72. The Kier molecular flexibility index (Phi) is 5.60. The topological polar surface area (TPSA) is 71.1 Å². The number of ether oxygens (including phenoxy) is 1. The van der Waals surface area contributed by atoms with Crippen molar-refractivity contribution in [3.8, 4) is 5.75 Å². The van der Waals surface area contributed by atoms with Crippen LogP contribution in [0.3, 0.4) is 0 Å². The first kappa shape index (κ1) is 19.5. The number of benzene rings is 2. The number of fused-ring (bicyclic) bond motifs is 1. The quantitative estimate of drug-likeness (QED) is 0.689. The molecule has 1 fully saturated rings. The lowest BCUT2D eigenvalue weighted by molar-refractivity contribution is 0.139. The van der Waals surface area contributed by atoms with Gasteiger partial charge in [0.15, 0.2) is 5.58 Å². The third kappa shape index (κ3) is 4.02. The van der Waals surface area contributed by atoms with E-state index in [4.69, 9.17) is 9.15 Å². The molecule has 2 heterocycles. The highest BCUT2D eigenvalue weighted by Crippen LogP contribution is 2.28. The van der Waals surface area contributed by atoms with Crippen molar-refractivity contribution in [2.24, 2.45) is 7.05 Å².